The van der Waals surface area contributed by atoms with E-state index in [4.69, 9.17) is 10.8 Å². The zero-order chi connectivity index (χ0) is 25.4. The van der Waals surface area contributed by atoms with Gasteiger partial charge in [-0.05, 0) is 32.8 Å². The van der Waals surface area contributed by atoms with Crippen molar-refractivity contribution in [2.24, 2.45) is 11.1 Å². The van der Waals surface area contributed by atoms with Crippen molar-refractivity contribution < 1.29 is 24.6 Å². The fourth-order valence-corrected chi connectivity index (χ4v) is 3.92. The van der Waals surface area contributed by atoms with Crippen LogP contribution in [-0.2, 0) is 16.0 Å². The predicted molar refractivity (Wildman–Crippen MR) is 131 cm³/mol. The topological polar surface area (TPSA) is 145 Å². The summed E-state index contributed by atoms with van der Waals surface area (Å²) in [6.45, 7) is 10.9. The summed E-state index contributed by atoms with van der Waals surface area (Å²) in [5.74, 6) is -1.14. The minimum absolute atomic E-state index is 0.0637. The first kappa shape index (κ1) is 28.7. The Morgan fingerprint density at radius 3 is 2.15 bits per heavy atom. The number of carbonyl (C=O) groups excluding carboxylic acids is 2. The number of nitrogens with zero attached hydrogens (tertiary/aromatic N) is 1. The van der Waals surface area contributed by atoms with Gasteiger partial charge < -0.3 is 21.3 Å². The molecule has 6 N–H and O–H groups in total. The third-order valence-corrected chi connectivity index (χ3v) is 6.75. The van der Waals surface area contributed by atoms with E-state index in [2.05, 4.69) is 10.7 Å². The molecular weight excluding hydrogens is 444 g/mol. The van der Waals surface area contributed by atoms with Gasteiger partial charge in [0.25, 0.3) is 0 Å². The van der Waals surface area contributed by atoms with Gasteiger partial charge in [-0.1, -0.05) is 51.1 Å². The summed E-state index contributed by atoms with van der Waals surface area (Å²) < 4.78 is -0.180. The number of primary amides is 1. The second-order valence-electron chi connectivity index (χ2n) is 9.60. The van der Waals surface area contributed by atoms with Gasteiger partial charge in [0.1, 0.15) is 5.41 Å². The van der Waals surface area contributed by atoms with Crippen molar-refractivity contribution in [2.75, 3.05) is 12.3 Å². The molecule has 0 saturated carbocycles. The number of rotatable bonds is 12. The van der Waals surface area contributed by atoms with E-state index in [1.165, 1.54) is 23.7 Å². The number of nitrogens with one attached hydrogen (secondary N) is 2. The van der Waals surface area contributed by atoms with Crippen molar-refractivity contribution in [1.82, 2.24) is 15.8 Å². The van der Waals surface area contributed by atoms with E-state index in [1.54, 1.807) is 13.8 Å². The number of hydrogen-bond donors (Lipinski definition) is 5. The Morgan fingerprint density at radius 1 is 1.12 bits per heavy atom. The highest BCUT2D eigenvalue weighted by Gasteiger charge is 2.42. The molecule has 0 aromatic heterocycles. The minimum atomic E-state index is -1.48. The van der Waals surface area contributed by atoms with Crippen molar-refractivity contribution >= 4 is 29.7 Å². The Balaban J connectivity index is 3.15. The molecule has 0 heterocycles. The Kier molecular flexibility index (Phi) is 10.7. The molecule has 0 aliphatic rings. The van der Waals surface area contributed by atoms with Crippen LogP contribution >= 0.6 is 11.8 Å². The number of nitrogens with two attached hydrogens (primary N) is 1. The molecule has 0 fully saturated rings. The third-order valence-electron chi connectivity index (χ3n) is 5.16. The van der Waals surface area contributed by atoms with Crippen LogP contribution < -0.4 is 16.5 Å². The number of aliphatic hydroxyl groups is 1. The van der Waals surface area contributed by atoms with Crippen molar-refractivity contribution in [2.45, 2.75) is 70.9 Å². The Bertz CT molecular complexity index is 800. The molecule has 1 aromatic carbocycles. The predicted octanol–water partition coefficient (Wildman–Crippen LogP) is 1.99. The fourth-order valence-electron chi connectivity index (χ4n) is 2.93. The maximum atomic E-state index is 13.3. The average molecular weight is 483 g/mol. The molecular formula is C23H38N4O5S. The number of aliphatic hydroxyl groups excluding tert-OH is 1. The molecule has 3 amide bonds. The fraction of sp³-hybridized carbons (Fsp3) is 0.609. The standard InChI is InChI=1S/C23H38N4O5S/c1-15(2)27(26-21(31)32)13-18(28)17(12-16-10-8-7-9-11-16)25-20(30)23(6,19(24)29)14-33-22(3,4)5/h7-11,15,17-18,26,28H,12-14H2,1-6H3,(H2,24,29)(H,25,30)(H,31,32)/t17-,18-,23?/m0/s1. The molecule has 0 radical (unpaired) electrons. The van der Waals surface area contributed by atoms with Gasteiger partial charge in [0.15, 0.2) is 0 Å². The molecule has 0 aliphatic heterocycles. The molecule has 1 aromatic rings. The molecule has 3 atom stereocenters. The number of thioether (sulfide) groups is 1. The lowest BCUT2D eigenvalue weighted by Crippen LogP contribution is -2.58. The van der Waals surface area contributed by atoms with Crippen LogP contribution in [-0.4, -0.2) is 68.4 Å². The van der Waals surface area contributed by atoms with Gasteiger partial charge in [-0.3, -0.25) is 15.0 Å². The molecule has 1 rings (SSSR count). The summed E-state index contributed by atoms with van der Waals surface area (Å²) in [6.07, 6.45) is -2.09. The Hall–Kier alpha value is -2.30. The van der Waals surface area contributed by atoms with Crippen molar-refractivity contribution in [3.05, 3.63) is 35.9 Å². The SMILES string of the molecule is CC(C)N(C[C@H](O)[C@H](Cc1ccccc1)NC(=O)C(C)(CSC(C)(C)C)C(N)=O)NC(=O)O. The normalized spacial score (nSPS) is 15.5. The van der Waals surface area contributed by atoms with Crippen LogP contribution in [0.5, 0.6) is 0 Å². The van der Waals surface area contributed by atoms with E-state index in [9.17, 15) is 19.5 Å². The number of carboxylic acid groups (broad SMARTS) is 1. The summed E-state index contributed by atoms with van der Waals surface area (Å²) in [5, 5.41) is 24.3. The maximum Gasteiger partial charge on any atom is 0.419 e. The van der Waals surface area contributed by atoms with Crippen LogP contribution in [0.15, 0.2) is 30.3 Å². The maximum absolute atomic E-state index is 13.3. The highest BCUT2D eigenvalue weighted by atomic mass is 32.2. The lowest BCUT2D eigenvalue weighted by atomic mass is 9.89. The third kappa shape index (κ3) is 9.61. The highest BCUT2D eigenvalue weighted by molar-refractivity contribution is 8.00. The van der Waals surface area contributed by atoms with Gasteiger partial charge in [0, 0.05) is 23.1 Å². The van der Waals surface area contributed by atoms with Crippen molar-refractivity contribution in [1.29, 1.82) is 0 Å². The quantitative estimate of drug-likeness (QED) is 0.226. The van der Waals surface area contributed by atoms with Gasteiger partial charge >= 0.3 is 6.09 Å². The van der Waals surface area contributed by atoms with Gasteiger partial charge in [-0.2, -0.15) is 11.8 Å². The summed E-state index contributed by atoms with van der Waals surface area (Å²) in [6, 6.07) is 8.27. The first-order valence-electron chi connectivity index (χ1n) is 10.9. The molecule has 9 nitrogen and oxygen atoms in total. The lowest BCUT2D eigenvalue weighted by molar-refractivity contribution is -0.140. The van der Waals surface area contributed by atoms with E-state index >= 15 is 0 Å². The summed E-state index contributed by atoms with van der Waals surface area (Å²) in [7, 11) is 0. The lowest BCUT2D eigenvalue weighted by Gasteiger charge is -2.34. The molecule has 0 aliphatic carbocycles. The number of hydrogen-bond acceptors (Lipinski definition) is 6. The first-order chi connectivity index (χ1) is 15.2. The highest BCUT2D eigenvalue weighted by Crippen LogP contribution is 2.31. The molecule has 33 heavy (non-hydrogen) atoms. The molecule has 0 bridgehead atoms. The van der Waals surface area contributed by atoms with Crippen LogP contribution in [0.25, 0.3) is 0 Å². The number of carbonyl (C=O) groups is 3. The smallest absolute Gasteiger partial charge is 0.419 e. The van der Waals surface area contributed by atoms with Gasteiger partial charge in [-0.25, -0.2) is 9.80 Å². The van der Waals surface area contributed by atoms with Crippen molar-refractivity contribution in [3.63, 3.8) is 0 Å². The monoisotopic (exact) mass is 482 g/mol. The number of benzene rings is 1. The second kappa shape index (κ2) is 12.2. The van der Waals surface area contributed by atoms with Crippen LogP contribution in [0.2, 0.25) is 0 Å². The van der Waals surface area contributed by atoms with E-state index < -0.39 is 35.5 Å². The van der Waals surface area contributed by atoms with E-state index in [0.29, 0.717) is 0 Å². The zero-order valence-corrected chi connectivity index (χ0v) is 21.1. The number of amides is 3. The summed E-state index contributed by atoms with van der Waals surface area (Å²) >= 11 is 1.45. The first-order valence-corrected chi connectivity index (χ1v) is 11.9. The summed E-state index contributed by atoms with van der Waals surface area (Å²) in [4.78, 5) is 36.7. The molecule has 1 unspecified atom stereocenters. The van der Waals surface area contributed by atoms with Gasteiger partial charge in [0.2, 0.25) is 11.8 Å². The molecule has 0 saturated heterocycles. The molecule has 186 valence electrons. The van der Waals surface area contributed by atoms with Crippen LogP contribution in [0, 0.1) is 5.41 Å². The van der Waals surface area contributed by atoms with E-state index in [0.717, 1.165) is 5.56 Å². The van der Waals surface area contributed by atoms with Gasteiger partial charge in [-0.15, -0.1) is 0 Å². The van der Waals surface area contributed by atoms with Crippen LogP contribution in [0.4, 0.5) is 4.79 Å². The molecule has 10 heteroatoms. The summed E-state index contributed by atoms with van der Waals surface area (Å²) in [5.41, 5.74) is 7.28. The van der Waals surface area contributed by atoms with Crippen LogP contribution in [0.3, 0.4) is 0 Å². The van der Waals surface area contributed by atoms with Crippen molar-refractivity contribution in [3.8, 4) is 0 Å². The number of hydrazine groups is 1. The second-order valence-corrected chi connectivity index (χ2v) is 11.4. The van der Waals surface area contributed by atoms with Crippen LogP contribution in [0.1, 0.15) is 47.1 Å². The molecule has 0 spiro atoms. The minimum Gasteiger partial charge on any atom is -0.464 e. The van der Waals surface area contributed by atoms with E-state index in [-0.39, 0.29) is 29.5 Å². The van der Waals surface area contributed by atoms with E-state index in [1.807, 2.05) is 51.1 Å². The Morgan fingerprint density at radius 2 is 1.70 bits per heavy atom. The average Bonchev–Trinajstić information content (AvgIpc) is 2.70. The largest absolute Gasteiger partial charge is 0.464 e. The zero-order valence-electron chi connectivity index (χ0n) is 20.3. The Labute approximate surface area is 200 Å². The van der Waals surface area contributed by atoms with Gasteiger partial charge in [0.05, 0.1) is 12.1 Å².